The van der Waals surface area contributed by atoms with Crippen LogP contribution in [-0.2, 0) is 0 Å². The number of aromatic nitrogens is 2. The second kappa shape index (κ2) is 6.37. The number of anilines is 2. The van der Waals surface area contributed by atoms with E-state index in [0.717, 1.165) is 32.5 Å². The van der Waals surface area contributed by atoms with E-state index < -0.39 is 0 Å². The summed E-state index contributed by atoms with van der Waals surface area (Å²) in [5.74, 6) is 0.621. The van der Waals surface area contributed by atoms with Crippen LogP contribution in [0.3, 0.4) is 0 Å². The Morgan fingerprint density at radius 2 is 1.90 bits per heavy atom. The Kier molecular flexibility index (Phi) is 4.78. The lowest BCUT2D eigenvalue weighted by Gasteiger charge is -2.41. The van der Waals surface area contributed by atoms with Gasteiger partial charge in [0.1, 0.15) is 0 Å². The summed E-state index contributed by atoms with van der Waals surface area (Å²) >= 11 is 0. The van der Waals surface area contributed by atoms with Crippen molar-refractivity contribution in [1.29, 1.82) is 0 Å². The first-order valence-corrected chi connectivity index (χ1v) is 7.65. The number of piperidine rings is 1. The summed E-state index contributed by atoms with van der Waals surface area (Å²) < 4.78 is 14.0. The lowest BCUT2D eigenvalue weighted by molar-refractivity contribution is 0.198. The average Bonchev–Trinajstić information content (AvgIpc) is 2.50. The molecule has 2 heterocycles. The molecule has 1 fully saturated rings. The highest BCUT2D eigenvalue weighted by atomic mass is 19.1. The quantitative estimate of drug-likeness (QED) is 0.897. The Morgan fingerprint density at radius 3 is 2.45 bits per heavy atom. The maximum Gasteiger partial charge on any atom is 0.224 e. The number of hydrogen-bond donors (Lipinski definition) is 1. The minimum atomic E-state index is -0.327. The molecular weight excluding hydrogens is 255 g/mol. The third kappa shape index (κ3) is 3.02. The Labute approximate surface area is 120 Å². The zero-order chi connectivity index (χ0) is 14.6. The average molecular weight is 280 g/mol. The predicted octanol–water partition coefficient (Wildman–Crippen LogP) is 3.45. The molecule has 1 aromatic rings. The highest BCUT2D eigenvalue weighted by Gasteiger charge is 2.32. The Bertz CT molecular complexity index is 435. The molecule has 2 rings (SSSR count). The Hall–Kier alpha value is -1.39. The molecule has 0 unspecified atom stereocenters. The van der Waals surface area contributed by atoms with E-state index in [2.05, 4.69) is 34.0 Å². The molecule has 0 aromatic carbocycles. The van der Waals surface area contributed by atoms with Gasteiger partial charge in [-0.1, -0.05) is 26.7 Å². The summed E-state index contributed by atoms with van der Waals surface area (Å²) in [5, 5.41) is 3.04. The SMILES string of the molecule is CCNc1ncc(F)c(N2CCC(CC)(CC)CC2)n1. The molecule has 5 heteroatoms. The molecule has 1 aromatic heterocycles. The van der Waals surface area contributed by atoms with E-state index in [1.54, 1.807) is 0 Å². The van der Waals surface area contributed by atoms with Crippen molar-refractivity contribution in [2.24, 2.45) is 5.41 Å². The van der Waals surface area contributed by atoms with E-state index >= 15 is 0 Å². The van der Waals surface area contributed by atoms with Crippen LogP contribution < -0.4 is 10.2 Å². The Balaban J connectivity index is 2.12. The minimum absolute atomic E-state index is 0.327. The van der Waals surface area contributed by atoms with Crippen molar-refractivity contribution in [2.75, 3.05) is 29.9 Å². The molecule has 0 atom stereocenters. The van der Waals surface area contributed by atoms with Gasteiger partial charge in [-0.05, 0) is 25.2 Å². The smallest absolute Gasteiger partial charge is 0.224 e. The van der Waals surface area contributed by atoms with Crippen molar-refractivity contribution < 1.29 is 4.39 Å². The fraction of sp³-hybridized carbons (Fsp3) is 0.733. The molecule has 1 N–H and O–H groups in total. The van der Waals surface area contributed by atoms with Gasteiger partial charge in [-0.2, -0.15) is 4.98 Å². The first kappa shape index (κ1) is 15.0. The van der Waals surface area contributed by atoms with Crippen molar-refractivity contribution in [3.63, 3.8) is 0 Å². The van der Waals surface area contributed by atoms with Gasteiger partial charge in [-0.25, -0.2) is 9.37 Å². The number of nitrogens with zero attached hydrogens (tertiary/aromatic N) is 3. The highest BCUT2D eigenvalue weighted by molar-refractivity contribution is 5.44. The summed E-state index contributed by atoms with van der Waals surface area (Å²) in [6.45, 7) is 8.98. The minimum Gasteiger partial charge on any atom is -0.354 e. The van der Waals surface area contributed by atoms with Crippen LogP contribution in [-0.4, -0.2) is 29.6 Å². The zero-order valence-electron chi connectivity index (χ0n) is 12.7. The maximum atomic E-state index is 14.0. The number of rotatable bonds is 5. The van der Waals surface area contributed by atoms with Gasteiger partial charge in [-0.15, -0.1) is 0 Å². The molecule has 0 bridgehead atoms. The molecule has 1 aliphatic rings. The second-order valence-electron chi connectivity index (χ2n) is 5.59. The van der Waals surface area contributed by atoms with Crippen LogP contribution in [0.4, 0.5) is 16.2 Å². The topological polar surface area (TPSA) is 41.1 Å². The van der Waals surface area contributed by atoms with Crippen LogP contribution in [0.5, 0.6) is 0 Å². The molecule has 20 heavy (non-hydrogen) atoms. The van der Waals surface area contributed by atoms with E-state index in [4.69, 9.17) is 0 Å². The second-order valence-corrected chi connectivity index (χ2v) is 5.59. The van der Waals surface area contributed by atoms with Crippen molar-refractivity contribution in [1.82, 2.24) is 9.97 Å². The fourth-order valence-electron chi connectivity index (χ4n) is 2.97. The van der Waals surface area contributed by atoms with Gasteiger partial charge in [0.25, 0.3) is 0 Å². The maximum absolute atomic E-state index is 14.0. The van der Waals surface area contributed by atoms with Gasteiger partial charge in [0.15, 0.2) is 11.6 Å². The number of halogens is 1. The summed E-state index contributed by atoms with van der Waals surface area (Å²) in [4.78, 5) is 10.3. The molecule has 0 amide bonds. The Morgan fingerprint density at radius 1 is 1.25 bits per heavy atom. The van der Waals surface area contributed by atoms with Gasteiger partial charge in [0, 0.05) is 19.6 Å². The van der Waals surface area contributed by atoms with E-state index in [0.29, 0.717) is 17.2 Å². The molecule has 1 saturated heterocycles. The monoisotopic (exact) mass is 280 g/mol. The van der Waals surface area contributed by atoms with Crippen LogP contribution in [0.25, 0.3) is 0 Å². The van der Waals surface area contributed by atoms with Crippen molar-refractivity contribution >= 4 is 11.8 Å². The van der Waals surface area contributed by atoms with Crippen LogP contribution in [0, 0.1) is 11.2 Å². The van der Waals surface area contributed by atoms with Crippen molar-refractivity contribution in [3.05, 3.63) is 12.0 Å². The van der Waals surface area contributed by atoms with Crippen LogP contribution in [0.15, 0.2) is 6.20 Å². The molecule has 0 saturated carbocycles. The first-order valence-electron chi connectivity index (χ1n) is 7.65. The lowest BCUT2D eigenvalue weighted by Crippen LogP contribution is -2.40. The molecule has 0 aliphatic carbocycles. The van der Waals surface area contributed by atoms with Crippen molar-refractivity contribution in [2.45, 2.75) is 46.5 Å². The first-order chi connectivity index (χ1) is 9.64. The highest BCUT2D eigenvalue weighted by Crippen LogP contribution is 2.39. The standard InChI is InChI=1S/C15H25FN4/c1-4-15(5-2)7-9-20(10-8-15)13-12(16)11-18-14(19-13)17-6-3/h11H,4-10H2,1-3H3,(H,17,18,19). The van der Waals surface area contributed by atoms with E-state index in [1.807, 2.05) is 6.92 Å². The summed E-state index contributed by atoms with van der Waals surface area (Å²) in [6.07, 6.45) is 5.89. The molecule has 1 aliphatic heterocycles. The zero-order valence-corrected chi connectivity index (χ0v) is 12.7. The van der Waals surface area contributed by atoms with E-state index in [-0.39, 0.29) is 5.82 Å². The third-order valence-electron chi connectivity index (χ3n) is 4.68. The van der Waals surface area contributed by atoms with Crippen LogP contribution in [0.2, 0.25) is 0 Å². The molecule has 112 valence electrons. The molecule has 0 spiro atoms. The summed E-state index contributed by atoms with van der Waals surface area (Å²) in [5.41, 5.74) is 0.435. The van der Waals surface area contributed by atoms with E-state index in [9.17, 15) is 4.39 Å². The molecular formula is C15H25FN4. The van der Waals surface area contributed by atoms with Gasteiger partial charge in [0.05, 0.1) is 6.20 Å². The largest absolute Gasteiger partial charge is 0.354 e. The summed E-state index contributed by atoms with van der Waals surface area (Å²) in [6, 6.07) is 0. The number of hydrogen-bond acceptors (Lipinski definition) is 4. The summed E-state index contributed by atoms with van der Waals surface area (Å²) in [7, 11) is 0. The lowest BCUT2D eigenvalue weighted by atomic mass is 9.74. The van der Waals surface area contributed by atoms with Crippen LogP contribution in [0.1, 0.15) is 46.5 Å². The fourth-order valence-corrected chi connectivity index (χ4v) is 2.97. The van der Waals surface area contributed by atoms with E-state index in [1.165, 1.54) is 19.0 Å². The van der Waals surface area contributed by atoms with Gasteiger partial charge in [-0.3, -0.25) is 0 Å². The normalized spacial score (nSPS) is 18.1. The third-order valence-corrected chi connectivity index (χ3v) is 4.68. The number of nitrogens with one attached hydrogen (secondary N) is 1. The van der Waals surface area contributed by atoms with Gasteiger partial charge < -0.3 is 10.2 Å². The van der Waals surface area contributed by atoms with Gasteiger partial charge >= 0.3 is 0 Å². The molecule has 4 nitrogen and oxygen atoms in total. The predicted molar refractivity (Wildman–Crippen MR) is 80.6 cm³/mol. The van der Waals surface area contributed by atoms with Crippen LogP contribution >= 0.6 is 0 Å². The van der Waals surface area contributed by atoms with Crippen molar-refractivity contribution in [3.8, 4) is 0 Å². The molecule has 0 radical (unpaired) electrons. The van der Waals surface area contributed by atoms with Gasteiger partial charge in [0.2, 0.25) is 5.95 Å².